The molecule has 1 heterocycles. The predicted octanol–water partition coefficient (Wildman–Crippen LogP) is 1.64. The third-order valence-electron chi connectivity index (χ3n) is 4.39. The van der Waals surface area contributed by atoms with Gasteiger partial charge in [0.25, 0.3) is 0 Å². The topological polar surface area (TPSA) is 90.9 Å². The lowest BCUT2D eigenvalue weighted by Crippen LogP contribution is -2.46. The fourth-order valence-corrected chi connectivity index (χ4v) is 4.18. The highest BCUT2D eigenvalue weighted by Crippen LogP contribution is 2.15. The smallest absolute Gasteiger partial charge is 0.225 e. The molecule has 7 nitrogen and oxygen atoms in total. The first-order valence-electron chi connectivity index (χ1n) is 8.98. The molecule has 1 fully saturated rings. The molecule has 0 saturated carbocycles. The Hall–Kier alpha value is -1.43. The minimum absolute atomic E-state index is 0. The molecule has 1 saturated heterocycles. The van der Waals surface area contributed by atoms with Crippen LogP contribution in [0.4, 0.5) is 4.39 Å². The molecule has 158 valence electrons. The summed E-state index contributed by atoms with van der Waals surface area (Å²) in [5.74, 6) is -0.455. The maximum Gasteiger partial charge on any atom is 0.225 e. The normalized spacial score (nSPS) is 17.4. The number of rotatable bonds is 6. The summed E-state index contributed by atoms with van der Waals surface area (Å²) in [6, 6.07) is 5.39. The molecule has 2 rings (SSSR count). The Morgan fingerprint density at radius 3 is 2.64 bits per heavy atom. The maximum absolute atomic E-state index is 13.7. The summed E-state index contributed by atoms with van der Waals surface area (Å²) >= 11 is 0. The number of halogens is 2. The summed E-state index contributed by atoms with van der Waals surface area (Å²) in [5.41, 5.74) is 0. The molecular formula is C18H28FIN4O3S. The van der Waals surface area contributed by atoms with Crippen LogP contribution in [-0.4, -0.2) is 63.7 Å². The van der Waals surface area contributed by atoms with Gasteiger partial charge in [0, 0.05) is 38.6 Å². The number of nitrogens with zero attached hydrogens (tertiary/aromatic N) is 2. The van der Waals surface area contributed by atoms with E-state index in [1.165, 1.54) is 18.2 Å². The van der Waals surface area contributed by atoms with E-state index in [0.29, 0.717) is 19.0 Å². The lowest BCUT2D eigenvalue weighted by atomic mass is 10.2. The number of amides is 1. The highest BCUT2D eigenvalue weighted by atomic mass is 127. The molecule has 0 aromatic heterocycles. The van der Waals surface area contributed by atoms with Crippen LogP contribution < -0.4 is 10.6 Å². The van der Waals surface area contributed by atoms with E-state index in [0.717, 1.165) is 12.5 Å². The van der Waals surface area contributed by atoms with Gasteiger partial charge in [-0.05, 0) is 18.6 Å². The molecule has 1 amide bonds. The average Bonchev–Trinajstić information content (AvgIpc) is 3.08. The molecule has 1 aliphatic heterocycles. The van der Waals surface area contributed by atoms with Crippen molar-refractivity contribution in [2.75, 3.05) is 32.4 Å². The molecule has 10 heteroatoms. The van der Waals surface area contributed by atoms with Gasteiger partial charge in [0.2, 0.25) is 5.91 Å². The molecule has 0 spiro atoms. The zero-order chi connectivity index (χ0) is 20.0. The molecule has 1 aromatic rings. The molecule has 0 radical (unpaired) electrons. The van der Waals surface area contributed by atoms with Crippen LogP contribution in [0, 0.1) is 11.7 Å². The molecule has 28 heavy (non-hydrogen) atoms. The largest absolute Gasteiger partial charge is 0.355 e. The first-order valence-corrected chi connectivity index (χ1v) is 10.6. The van der Waals surface area contributed by atoms with Gasteiger partial charge >= 0.3 is 0 Å². The number of carbonyl (C=O) groups is 1. The number of hydrogen-bond donors (Lipinski definition) is 2. The monoisotopic (exact) mass is 526 g/mol. The Morgan fingerprint density at radius 2 is 2.04 bits per heavy atom. The Bertz CT molecular complexity index is 802. The van der Waals surface area contributed by atoms with Gasteiger partial charge in [-0.2, -0.15) is 0 Å². The van der Waals surface area contributed by atoms with E-state index in [-0.39, 0.29) is 59.0 Å². The van der Waals surface area contributed by atoms with Crippen LogP contribution in [0.25, 0.3) is 0 Å². The van der Waals surface area contributed by atoms with E-state index in [1.807, 2.05) is 18.7 Å². The number of guanidine groups is 1. The highest BCUT2D eigenvalue weighted by molar-refractivity contribution is 14.0. The van der Waals surface area contributed by atoms with E-state index in [9.17, 15) is 17.6 Å². The Kier molecular flexibility index (Phi) is 9.61. The van der Waals surface area contributed by atoms with Crippen molar-refractivity contribution in [2.24, 2.45) is 10.9 Å². The zero-order valence-corrected chi connectivity index (χ0v) is 19.5. The van der Waals surface area contributed by atoms with Crippen LogP contribution in [0.1, 0.15) is 20.3 Å². The van der Waals surface area contributed by atoms with Crippen molar-refractivity contribution in [3.8, 4) is 0 Å². The second-order valence-corrected chi connectivity index (χ2v) is 8.89. The van der Waals surface area contributed by atoms with E-state index in [4.69, 9.17) is 0 Å². The first kappa shape index (κ1) is 24.6. The summed E-state index contributed by atoms with van der Waals surface area (Å²) in [6.45, 7) is 5.12. The molecule has 0 bridgehead atoms. The molecule has 1 aromatic carbocycles. The number of sulfone groups is 1. The van der Waals surface area contributed by atoms with Crippen molar-refractivity contribution in [3.63, 3.8) is 0 Å². The maximum atomic E-state index is 13.7. The number of carbonyl (C=O) groups excluding carboxylic acids is 1. The second-order valence-electron chi connectivity index (χ2n) is 6.82. The van der Waals surface area contributed by atoms with Crippen LogP contribution in [0.5, 0.6) is 0 Å². The predicted molar refractivity (Wildman–Crippen MR) is 118 cm³/mol. The second kappa shape index (κ2) is 10.9. The average molecular weight is 526 g/mol. The Labute approximate surface area is 183 Å². The Morgan fingerprint density at radius 1 is 1.36 bits per heavy atom. The number of aliphatic imine (C=N–C) groups is 1. The van der Waals surface area contributed by atoms with Gasteiger partial charge in [0.05, 0.1) is 5.75 Å². The van der Waals surface area contributed by atoms with Gasteiger partial charge in [0.1, 0.15) is 10.7 Å². The number of nitrogens with one attached hydrogen (secondary N) is 2. The van der Waals surface area contributed by atoms with Crippen molar-refractivity contribution in [3.05, 3.63) is 30.1 Å². The van der Waals surface area contributed by atoms with Gasteiger partial charge in [-0.1, -0.05) is 26.0 Å². The zero-order valence-electron chi connectivity index (χ0n) is 16.3. The molecule has 2 N–H and O–H groups in total. The highest BCUT2D eigenvalue weighted by Gasteiger charge is 2.28. The fraction of sp³-hybridized carbons (Fsp3) is 0.556. The summed E-state index contributed by atoms with van der Waals surface area (Å²) in [5, 5.41) is 6.15. The van der Waals surface area contributed by atoms with Crippen LogP contribution in [0.2, 0.25) is 0 Å². The van der Waals surface area contributed by atoms with Crippen molar-refractivity contribution in [1.82, 2.24) is 15.5 Å². The lowest BCUT2D eigenvalue weighted by Gasteiger charge is -2.20. The molecule has 1 atom stereocenters. The van der Waals surface area contributed by atoms with Gasteiger partial charge in [-0.15, -0.1) is 24.0 Å². The number of likely N-dealkylation sites (tertiary alicyclic amines) is 1. The Balaban J connectivity index is 0.00000392. The van der Waals surface area contributed by atoms with Crippen molar-refractivity contribution < 1.29 is 17.6 Å². The molecular weight excluding hydrogens is 498 g/mol. The third-order valence-corrected chi connectivity index (χ3v) is 6.14. The van der Waals surface area contributed by atoms with Gasteiger partial charge in [-0.3, -0.25) is 9.79 Å². The van der Waals surface area contributed by atoms with Crippen LogP contribution in [0.3, 0.4) is 0 Å². The number of hydrogen-bond acceptors (Lipinski definition) is 4. The standard InChI is InChI=1S/C18H27FN4O3S.HI/c1-13(2)17(24)23-10-8-14(12-23)22-18(20-3)21-9-11-27(25,26)16-7-5-4-6-15(16)19;/h4-7,13-14H,8-12H2,1-3H3,(H2,20,21,22);1H. The van der Waals surface area contributed by atoms with E-state index in [1.54, 1.807) is 7.05 Å². The third kappa shape index (κ3) is 6.57. The van der Waals surface area contributed by atoms with E-state index in [2.05, 4.69) is 15.6 Å². The minimum atomic E-state index is -3.72. The van der Waals surface area contributed by atoms with Crippen LogP contribution in [0.15, 0.2) is 34.2 Å². The SMILES string of the molecule is CN=C(NCCS(=O)(=O)c1ccccc1F)NC1CCN(C(=O)C(C)C)C1.I. The van der Waals surface area contributed by atoms with Gasteiger partial charge in [0.15, 0.2) is 15.8 Å². The summed E-state index contributed by atoms with van der Waals surface area (Å²) < 4.78 is 38.2. The summed E-state index contributed by atoms with van der Waals surface area (Å²) in [4.78, 5) is 17.7. The quantitative estimate of drug-likeness (QED) is 0.334. The van der Waals surface area contributed by atoms with Crippen LogP contribution in [-0.2, 0) is 14.6 Å². The van der Waals surface area contributed by atoms with E-state index >= 15 is 0 Å². The van der Waals surface area contributed by atoms with Crippen molar-refractivity contribution in [1.29, 1.82) is 0 Å². The number of benzene rings is 1. The molecule has 0 aliphatic carbocycles. The van der Waals surface area contributed by atoms with Gasteiger partial charge < -0.3 is 15.5 Å². The van der Waals surface area contributed by atoms with Crippen molar-refractivity contribution >= 4 is 45.7 Å². The minimum Gasteiger partial charge on any atom is -0.355 e. The van der Waals surface area contributed by atoms with Crippen LogP contribution >= 0.6 is 24.0 Å². The summed E-state index contributed by atoms with van der Waals surface area (Å²) in [7, 11) is -2.13. The summed E-state index contributed by atoms with van der Waals surface area (Å²) in [6.07, 6.45) is 0.798. The first-order chi connectivity index (χ1) is 12.7. The van der Waals surface area contributed by atoms with E-state index < -0.39 is 15.7 Å². The fourth-order valence-electron chi connectivity index (χ4n) is 2.94. The molecule has 1 aliphatic rings. The van der Waals surface area contributed by atoms with Gasteiger partial charge in [-0.25, -0.2) is 12.8 Å². The molecule has 1 unspecified atom stereocenters. The van der Waals surface area contributed by atoms with Crippen molar-refractivity contribution in [2.45, 2.75) is 31.2 Å². The lowest BCUT2D eigenvalue weighted by molar-refractivity contribution is -0.133.